The summed E-state index contributed by atoms with van der Waals surface area (Å²) in [6.45, 7) is 0.856. The molecule has 5 nitrogen and oxygen atoms in total. The Bertz CT molecular complexity index is 1000. The highest BCUT2D eigenvalue weighted by Gasteiger charge is 2.18. The van der Waals surface area contributed by atoms with Crippen molar-refractivity contribution in [2.45, 2.75) is 32.2 Å². The van der Waals surface area contributed by atoms with Gasteiger partial charge in [0.25, 0.3) is 5.91 Å². The Labute approximate surface area is 164 Å². The minimum Gasteiger partial charge on any atom is -0.319 e. The molecule has 1 aliphatic rings. The number of carbonyl (C=O) groups is 1. The number of carbonyl (C=O) groups excluding carboxylic acids is 1. The monoisotopic (exact) mass is 428 g/mol. The number of hydrogen-bond acceptors (Lipinski definition) is 3. The summed E-state index contributed by atoms with van der Waals surface area (Å²) in [5, 5.41) is 11.2. The van der Waals surface area contributed by atoms with Crippen molar-refractivity contribution < 1.29 is 9.18 Å². The van der Waals surface area contributed by atoms with Gasteiger partial charge in [0.05, 0.1) is 5.69 Å². The summed E-state index contributed by atoms with van der Waals surface area (Å²) < 4.78 is 17.2. The standard InChI is InChI=1S/C20H18BrFN4O/c21-15-6-4-5-14(11-15)20(27)23-17-12-13(8-9-16(17)22)19-25-24-18-7-2-1-3-10-26(18)19/h4-6,8-9,11-12H,1-3,7,10H2,(H,23,27). The summed E-state index contributed by atoms with van der Waals surface area (Å²) in [6, 6.07) is 11.6. The molecule has 2 aromatic carbocycles. The maximum absolute atomic E-state index is 14.3. The predicted molar refractivity (Wildman–Crippen MR) is 105 cm³/mol. The number of fused-ring (bicyclic) bond motifs is 1. The van der Waals surface area contributed by atoms with Crippen LogP contribution in [0.1, 0.15) is 35.4 Å². The summed E-state index contributed by atoms with van der Waals surface area (Å²) in [5.74, 6) is 0.821. The number of aryl methyl sites for hydroxylation is 1. The number of anilines is 1. The van der Waals surface area contributed by atoms with Gasteiger partial charge in [-0.05, 0) is 49.2 Å². The van der Waals surface area contributed by atoms with Gasteiger partial charge in [-0.3, -0.25) is 4.79 Å². The topological polar surface area (TPSA) is 59.8 Å². The molecule has 4 rings (SSSR count). The van der Waals surface area contributed by atoms with Crippen molar-refractivity contribution >= 4 is 27.5 Å². The van der Waals surface area contributed by atoms with Gasteiger partial charge in [0.15, 0.2) is 5.82 Å². The summed E-state index contributed by atoms with van der Waals surface area (Å²) in [6.07, 6.45) is 4.25. The van der Waals surface area contributed by atoms with Crippen LogP contribution in [0.5, 0.6) is 0 Å². The number of nitrogens with zero attached hydrogens (tertiary/aromatic N) is 3. The lowest BCUT2D eigenvalue weighted by Gasteiger charge is -2.10. The molecule has 0 atom stereocenters. The fourth-order valence-corrected chi connectivity index (χ4v) is 3.68. The average molecular weight is 429 g/mol. The van der Waals surface area contributed by atoms with Crippen molar-refractivity contribution in [2.75, 3.05) is 5.32 Å². The smallest absolute Gasteiger partial charge is 0.255 e. The highest BCUT2D eigenvalue weighted by Crippen LogP contribution is 2.27. The van der Waals surface area contributed by atoms with Gasteiger partial charge >= 0.3 is 0 Å². The first-order valence-corrected chi connectivity index (χ1v) is 9.70. The first-order valence-electron chi connectivity index (χ1n) is 8.91. The molecule has 0 radical (unpaired) electrons. The van der Waals surface area contributed by atoms with Crippen molar-refractivity contribution in [1.82, 2.24) is 14.8 Å². The number of hydrogen-bond donors (Lipinski definition) is 1. The van der Waals surface area contributed by atoms with Crippen LogP contribution in [0.4, 0.5) is 10.1 Å². The molecule has 0 saturated carbocycles. The third kappa shape index (κ3) is 3.78. The first kappa shape index (κ1) is 17.9. The van der Waals surface area contributed by atoms with Crippen LogP contribution < -0.4 is 5.32 Å². The highest BCUT2D eigenvalue weighted by atomic mass is 79.9. The predicted octanol–water partition coefficient (Wildman–Crippen LogP) is 4.83. The van der Waals surface area contributed by atoms with Crippen molar-refractivity contribution in [3.63, 3.8) is 0 Å². The third-order valence-corrected chi connectivity index (χ3v) is 5.16. The summed E-state index contributed by atoms with van der Waals surface area (Å²) in [5.41, 5.74) is 1.32. The van der Waals surface area contributed by atoms with E-state index in [1.807, 2.05) is 6.07 Å². The SMILES string of the molecule is O=C(Nc1cc(-c2nnc3n2CCCCC3)ccc1F)c1cccc(Br)c1. The number of rotatable bonds is 3. The molecular formula is C20H18BrFN4O. The van der Waals surface area contributed by atoms with Crippen LogP contribution in [0, 0.1) is 5.82 Å². The fraction of sp³-hybridized carbons (Fsp3) is 0.250. The number of amides is 1. The Morgan fingerprint density at radius 3 is 2.85 bits per heavy atom. The van der Waals surface area contributed by atoms with E-state index >= 15 is 0 Å². The normalized spacial score (nSPS) is 13.7. The van der Waals surface area contributed by atoms with Gasteiger partial charge in [0, 0.05) is 28.6 Å². The van der Waals surface area contributed by atoms with E-state index in [0.717, 1.165) is 41.7 Å². The fourth-order valence-electron chi connectivity index (χ4n) is 3.28. The van der Waals surface area contributed by atoms with Crippen LogP contribution >= 0.6 is 15.9 Å². The molecule has 0 fully saturated rings. The zero-order chi connectivity index (χ0) is 18.8. The van der Waals surface area contributed by atoms with Gasteiger partial charge < -0.3 is 9.88 Å². The number of aromatic nitrogens is 3. The summed E-state index contributed by atoms with van der Waals surface area (Å²) in [7, 11) is 0. The van der Waals surface area contributed by atoms with E-state index in [9.17, 15) is 9.18 Å². The van der Waals surface area contributed by atoms with E-state index in [-0.39, 0.29) is 11.6 Å². The van der Waals surface area contributed by atoms with Crippen LogP contribution in [-0.4, -0.2) is 20.7 Å². The van der Waals surface area contributed by atoms with Crippen molar-refractivity contribution in [1.29, 1.82) is 0 Å². The maximum atomic E-state index is 14.3. The van der Waals surface area contributed by atoms with E-state index in [4.69, 9.17) is 0 Å². The third-order valence-electron chi connectivity index (χ3n) is 4.67. The Morgan fingerprint density at radius 1 is 1.11 bits per heavy atom. The highest BCUT2D eigenvalue weighted by molar-refractivity contribution is 9.10. The molecule has 7 heteroatoms. The molecule has 0 saturated heterocycles. The lowest BCUT2D eigenvalue weighted by molar-refractivity contribution is 0.102. The maximum Gasteiger partial charge on any atom is 0.255 e. The molecular weight excluding hydrogens is 411 g/mol. The largest absolute Gasteiger partial charge is 0.319 e. The second-order valence-electron chi connectivity index (χ2n) is 6.56. The lowest BCUT2D eigenvalue weighted by atomic mass is 10.1. The van der Waals surface area contributed by atoms with Crippen molar-refractivity contribution in [3.8, 4) is 11.4 Å². The Balaban J connectivity index is 1.64. The van der Waals surface area contributed by atoms with Crippen LogP contribution in [0.3, 0.4) is 0 Å². The van der Waals surface area contributed by atoms with Gasteiger partial charge in [0.2, 0.25) is 0 Å². The number of nitrogens with one attached hydrogen (secondary N) is 1. The van der Waals surface area contributed by atoms with Gasteiger partial charge in [-0.25, -0.2) is 4.39 Å². The molecule has 0 bridgehead atoms. The van der Waals surface area contributed by atoms with Gasteiger partial charge in [-0.1, -0.05) is 28.4 Å². The zero-order valence-corrected chi connectivity index (χ0v) is 16.2. The minimum absolute atomic E-state index is 0.128. The molecule has 138 valence electrons. The lowest BCUT2D eigenvalue weighted by Crippen LogP contribution is -2.13. The zero-order valence-electron chi connectivity index (χ0n) is 14.6. The molecule has 2 heterocycles. The number of halogens is 2. The second-order valence-corrected chi connectivity index (χ2v) is 7.48. The first-order chi connectivity index (χ1) is 13.1. The molecule has 0 spiro atoms. The van der Waals surface area contributed by atoms with Crippen LogP contribution in [0.2, 0.25) is 0 Å². The molecule has 1 amide bonds. The molecule has 0 aliphatic carbocycles. The van der Waals surface area contributed by atoms with Crippen LogP contribution in [0.15, 0.2) is 46.9 Å². The van der Waals surface area contributed by atoms with Crippen molar-refractivity contribution in [3.05, 3.63) is 64.1 Å². The van der Waals surface area contributed by atoms with E-state index in [1.165, 1.54) is 12.5 Å². The molecule has 1 aromatic heterocycles. The van der Waals surface area contributed by atoms with Gasteiger partial charge in [0.1, 0.15) is 11.6 Å². The van der Waals surface area contributed by atoms with Crippen LogP contribution in [-0.2, 0) is 13.0 Å². The summed E-state index contributed by atoms with van der Waals surface area (Å²) in [4.78, 5) is 12.5. The van der Waals surface area contributed by atoms with Crippen molar-refractivity contribution in [2.24, 2.45) is 0 Å². The molecule has 1 aliphatic heterocycles. The Kier molecular flexibility index (Phi) is 5.03. The summed E-state index contributed by atoms with van der Waals surface area (Å²) >= 11 is 3.34. The Morgan fingerprint density at radius 2 is 2.00 bits per heavy atom. The van der Waals surface area contributed by atoms with E-state index in [2.05, 4.69) is 36.0 Å². The molecule has 27 heavy (non-hydrogen) atoms. The minimum atomic E-state index is -0.488. The van der Waals surface area contributed by atoms with E-state index in [1.54, 1.807) is 30.3 Å². The van der Waals surface area contributed by atoms with Gasteiger partial charge in [-0.15, -0.1) is 10.2 Å². The second kappa shape index (κ2) is 7.60. The van der Waals surface area contributed by atoms with E-state index in [0.29, 0.717) is 11.4 Å². The molecule has 1 N–H and O–H groups in total. The van der Waals surface area contributed by atoms with Gasteiger partial charge in [-0.2, -0.15) is 0 Å². The number of benzene rings is 2. The van der Waals surface area contributed by atoms with E-state index < -0.39 is 5.82 Å². The quantitative estimate of drug-likeness (QED) is 0.649. The molecule has 0 unspecified atom stereocenters. The van der Waals surface area contributed by atoms with Crippen LogP contribution in [0.25, 0.3) is 11.4 Å². The Hall–Kier alpha value is -2.54. The average Bonchev–Trinajstić information content (AvgIpc) is 2.91. The molecule has 3 aromatic rings.